The molecule has 1 atom stereocenters. The highest BCUT2D eigenvalue weighted by Gasteiger charge is 2.28. The monoisotopic (exact) mass is 415 g/mol. The third-order valence-electron chi connectivity index (χ3n) is 5.97. The lowest BCUT2D eigenvalue weighted by Crippen LogP contribution is -2.45. The van der Waals surface area contributed by atoms with Crippen LogP contribution in [-0.2, 0) is 4.79 Å². The van der Waals surface area contributed by atoms with Gasteiger partial charge in [-0.1, -0.05) is 30.3 Å². The molecule has 1 fully saturated rings. The zero-order valence-corrected chi connectivity index (χ0v) is 18.1. The maximum Gasteiger partial charge on any atom is 0.241 e. The van der Waals surface area contributed by atoms with Gasteiger partial charge in [0.2, 0.25) is 5.91 Å². The number of aryl methyl sites for hydroxylation is 1. The molecule has 4 rings (SSSR count). The second-order valence-corrected chi connectivity index (χ2v) is 8.08. The molecule has 0 bridgehead atoms. The van der Waals surface area contributed by atoms with Gasteiger partial charge in [0.1, 0.15) is 11.6 Å². The van der Waals surface area contributed by atoms with Crippen LogP contribution < -0.4 is 10.6 Å². The number of hydrogen-bond acceptors (Lipinski definition) is 5. The average molecular weight is 416 g/mol. The predicted molar refractivity (Wildman–Crippen MR) is 125 cm³/mol. The van der Waals surface area contributed by atoms with Crippen molar-refractivity contribution in [1.29, 1.82) is 0 Å². The van der Waals surface area contributed by atoms with Gasteiger partial charge in [0.25, 0.3) is 0 Å². The van der Waals surface area contributed by atoms with Crippen LogP contribution in [0.25, 0.3) is 0 Å². The molecule has 3 aromatic rings. The van der Waals surface area contributed by atoms with E-state index in [2.05, 4.69) is 26.6 Å². The third kappa shape index (κ3) is 5.27. The Kier molecular flexibility index (Phi) is 6.57. The Balaban J connectivity index is 1.33. The SMILES string of the molecule is Cc1ccccc1NC(=O)[C@@H](C)N1CCC(c2cccc(Nc3ccccn3)n2)CC1. The van der Waals surface area contributed by atoms with Gasteiger partial charge in [0.15, 0.2) is 0 Å². The molecule has 1 aliphatic rings. The van der Waals surface area contributed by atoms with E-state index in [9.17, 15) is 4.79 Å². The number of carbonyl (C=O) groups excluding carboxylic acids is 1. The maximum atomic E-state index is 12.8. The van der Waals surface area contributed by atoms with Crippen LogP contribution in [0.4, 0.5) is 17.3 Å². The van der Waals surface area contributed by atoms with Gasteiger partial charge in [-0.05, 0) is 75.7 Å². The van der Waals surface area contributed by atoms with Gasteiger partial charge in [0, 0.05) is 23.5 Å². The number of benzene rings is 1. The van der Waals surface area contributed by atoms with Crippen LogP contribution in [0.2, 0.25) is 0 Å². The Labute approximate surface area is 183 Å². The molecule has 0 saturated carbocycles. The molecule has 1 aliphatic heterocycles. The summed E-state index contributed by atoms with van der Waals surface area (Å²) in [7, 11) is 0. The van der Waals surface area contributed by atoms with Gasteiger partial charge in [0.05, 0.1) is 6.04 Å². The fraction of sp³-hybridized carbons (Fsp3) is 0.320. The highest BCUT2D eigenvalue weighted by Crippen LogP contribution is 2.29. The van der Waals surface area contributed by atoms with Crippen LogP contribution in [0.5, 0.6) is 0 Å². The number of aromatic nitrogens is 2. The lowest BCUT2D eigenvalue weighted by molar-refractivity contribution is -0.121. The molecule has 3 heterocycles. The fourth-order valence-corrected chi connectivity index (χ4v) is 4.02. The van der Waals surface area contributed by atoms with Gasteiger partial charge >= 0.3 is 0 Å². The molecular weight excluding hydrogens is 386 g/mol. The second kappa shape index (κ2) is 9.71. The molecule has 6 heteroatoms. The highest BCUT2D eigenvalue weighted by molar-refractivity contribution is 5.95. The molecule has 1 amide bonds. The van der Waals surface area contributed by atoms with Gasteiger partial charge in [-0.15, -0.1) is 0 Å². The van der Waals surface area contributed by atoms with Crippen molar-refractivity contribution in [3.63, 3.8) is 0 Å². The smallest absolute Gasteiger partial charge is 0.241 e. The minimum Gasteiger partial charge on any atom is -0.325 e. The Hall–Kier alpha value is -3.25. The molecule has 1 aromatic carbocycles. The summed E-state index contributed by atoms with van der Waals surface area (Å²) in [6.45, 7) is 5.76. The number of rotatable bonds is 6. The van der Waals surface area contributed by atoms with E-state index in [1.807, 2.05) is 68.4 Å². The van der Waals surface area contributed by atoms with Crippen molar-refractivity contribution in [2.24, 2.45) is 0 Å². The van der Waals surface area contributed by atoms with Gasteiger partial charge < -0.3 is 10.6 Å². The van der Waals surface area contributed by atoms with E-state index < -0.39 is 0 Å². The Morgan fingerprint density at radius 3 is 2.48 bits per heavy atom. The molecular formula is C25H29N5O. The topological polar surface area (TPSA) is 70.2 Å². The minimum absolute atomic E-state index is 0.0485. The first-order valence-corrected chi connectivity index (χ1v) is 10.9. The molecule has 0 unspecified atom stereocenters. The summed E-state index contributed by atoms with van der Waals surface area (Å²) in [5, 5.41) is 6.34. The number of amides is 1. The first-order chi connectivity index (χ1) is 15.1. The van der Waals surface area contributed by atoms with Crippen molar-refractivity contribution in [2.45, 2.75) is 38.6 Å². The number of para-hydroxylation sites is 1. The first-order valence-electron chi connectivity index (χ1n) is 10.9. The number of hydrogen-bond donors (Lipinski definition) is 2. The van der Waals surface area contributed by atoms with Crippen LogP contribution in [0.1, 0.15) is 36.9 Å². The van der Waals surface area contributed by atoms with E-state index in [1.54, 1.807) is 6.20 Å². The van der Waals surface area contributed by atoms with Crippen LogP contribution in [0, 0.1) is 6.92 Å². The van der Waals surface area contributed by atoms with E-state index in [0.29, 0.717) is 5.92 Å². The summed E-state index contributed by atoms with van der Waals surface area (Å²) in [4.78, 5) is 24.1. The molecule has 160 valence electrons. The van der Waals surface area contributed by atoms with Gasteiger partial charge in [-0.25, -0.2) is 9.97 Å². The Morgan fingerprint density at radius 1 is 1.00 bits per heavy atom. The van der Waals surface area contributed by atoms with Gasteiger partial charge in [-0.3, -0.25) is 9.69 Å². The summed E-state index contributed by atoms with van der Waals surface area (Å²) in [5.74, 6) is 2.04. The van der Waals surface area contributed by atoms with E-state index in [-0.39, 0.29) is 11.9 Å². The maximum absolute atomic E-state index is 12.8. The minimum atomic E-state index is -0.161. The largest absolute Gasteiger partial charge is 0.325 e. The molecule has 2 aromatic heterocycles. The van der Waals surface area contributed by atoms with E-state index >= 15 is 0 Å². The molecule has 0 radical (unpaired) electrons. The van der Waals surface area contributed by atoms with E-state index in [4.69, 9.17) is 4.98 Å². The standard InChI is InChI=1S/C25H29N5O/c1-18-8-3-4-9-21(18)28-25(31)19(2)30-16-13-20(14-17-30)22-10-7-12-24(27-22)29-23-11-5-6-15-26-23/h3-12,15,19-20H,13-14,16-17H2,1-2H3,(H,28,31)(H,26,27,29)/t19-/m1/s1. The second-order valence-electron chi connectivity index (χ2n) is 8.08. The van der Waals surface area contributed by atoms with Crippen molar-refractivity contribution in [2.75, 3.05) is 23.7 Å². The fourth-order valence-electron chi connectivity index (χ4n) is 4.02. The third-order valence-corrected chi connectivity index (χ3v) is 5.97. The molecule has 0 aliphatic carbocycles. The Bertz CT molecular complexity index is 1020. The van der Waals surface area contributed by atoms with Crippen molar-refractivity contribution in [1.82, 2.24) is 14.9 Å². The zero-order chi connectivity index (χ0) is 21.6. The van der Waals surface area contributed by atoms with E-state index in [1.165, 1.54) is 0 Å². The summed E-state index contributed by atoms with van der Waals surface area (Å²) >= 11 is 0. The predicted octanol–water partition coefficient (Wildman–Crippen LogP) is 4.74. The molecule has 31 heavy (non-hydrogen) atoms. The first kappa shape index (κ1) is 21.0. The molecule has 1 saturated heterocycles. The van der Waals surface area contributed by atoms with Crippen LogP contribution >= 0.6 is 0 Å². The quantitative estimate of drug-likeness (QED) is 0.609. The summed E-state index contributed by atoms with van der Waals surface area (Å²) < 4.78 is 0. The summed E-state index contributed by atoms with van der Waals surface area (Å²) in [6, 6.07) is 19.6. The normalized spacial score (nSPS) is 15.9. The number of anilines is 3. The molecule has 2 N–H and O–H groups in total. The van der Waals surface area contributed by atoms with Gasteiger partial charge in [-0.2, -0.15) is 0 Å². The van der Waals surface area contributed by atoms with Crippen molar-refractivity contribution in [3.8, 4) is 0 Å². The number of carbonyl (C=O) groups is 1. The van der Waals surface area contributed by atoms with Crippen molar-refractivity contribution >= 4 is 23.2 Å². The average Bonchev–Trinajstić information content (AvgIpc) is 2.81. The van der Waals surface area contributed by atoms with Crippen LogP contribution in [-0.4, -0.2) is 39.9 Å². The molecule has 6 nitrogen and oxygen atoms in total. The number of nitrogens with one attached hydrogen (secondary N) is 2. The van der Waals surface area contributed by atoms with Crippen molar-refractivity contribution < 1.29 is 4.79 Å². The van der Waals surface area contributed by atoms with Crippen molar-refractivity contribution in [3.05, 3.63) is 78.1 Å². The van der Waals surface area contributed by atoms with Crippen LogP contribution in [0.3, 0.4) is 0 Å². The number of pyridine rings is 2. The zero-order valence-electron chi connectivity index (χ0n) is 18.1. The summed E-state index contributed by atoms with van der Waals surface area (Å²) in [6.07, 6.45) is 3.74. The Morgan fingerprint density at radius 2 is 1.74 bits per heavy atom. The van der Waals surface area contributed by atoms with E-state index in [0.717, 1.165) is 54.5 Å². The number of piperidine rings is 1. The van der Waals surface area contributed by atoms with Crippen LogP contribution in [0.15, 0.2) is 66.9 Å². The number of nitrogens with zero attached hydrogens (tertiary/aromatic N) is 3. The number of likely N-dealkylation sites (tertiary alicyclic amines) is 1. The summed E-state index contributed by atoms with van der Waals surface area (Å²) in [5.41, 5.74) is 3.06. The highest BCUT2D eigenvalue weighted by atomic mass is 16.2. The lowest BCUT2D eigenvalue weighted by atomic mass is 9.92. The molecule has 0 spiro atoms. The lowest BCUT2D eigenvalue weighted by Gasteiger charge is -2.35.